The van der Waals surface area contributed by atoms with Crippen LogP contribution in [0.4, 0.5) is 11.4 Å². The fraction of sp³-hybridized carbons (Fsp3) is 0.167. The Bertz CT molecular complexity index is 864. The van der Waals surface area contributed by atoms with E-state index in [9.17, 15) is 19.5 Å². The number of benzene rings is 2. The number of amides is 2. The summed E-state index contributed by atoms with van der Waals surface area (Å²) in [5.41, 5.74) is -0.792. The standard InChI is InChI=1S/C18H14N2O4/c21-15-10-11-18(17(23)24)19(12-6-2-1-3-7-12)16(22)13-8-4-5-9-14(13)20(15)18/h1-9H,10-11H2,(H,23,24)/p-1/t18-/m1/s1. The zero-order valence-corrected chi connectivity index (χ0v) is 12.6. The Labute approximate surface area is 137 Å². The molecule has 2 amide bonds. The van der Waals surface area contributed by atoms with Crippen molar-refractivity contribution < 1.29 is 19.5 Å². The van der Waals surface area contributed by atoms with Crippen molar-refractivity contribution in [2.45, 2.75) is 18.5 Å². The first-order valence-corrected chi connectivity index (χ1v) is 7.60. The van der Waals surface area contributed by atoms with Gasteiger partial charge in [-0.25, -0.2) is 0 Å². The normalized spacial score (nSPS) is 22.3. The van der Waals surface area contributed by atoms with Crippen molar-refractivity contribution in [2.75, 3.05) is 9.80 Å². The molecule has 0 aromatic heterocycles. The molecule has 1 fully saturated rings. The number of carboxylic acids is 1. The molecule has 0 spiro atoms. The van der Waals surface area contributed by atoms with Crippen molar-refractivity contribution in [3.63, 3.8) is 0 Å². The average molecular weight is 321 g/mol. The monoisotopic (exact) mass is 321 g/mol. The van der Waals surface area contributed by atoms with Gasteiger partial charge >= 0.3 is 0 Å². The van der Waals surface area contributed by atoms with E-state index < -0.39 is 17.5 Å². The number of anilines is 2. The van der Waals surface area contributed by atoms with Gasteiger partial charge in [0.1, 0.15) is 0 Å². The zero-order valence-electron chi connectivity index (χ0n) is 12.6. The van der Waals surface area contributed by atoms with E-state index in [1.165, 1.54) is 9.80 Å². The van der Waals surface area contributed by atoms with Crippen molar-refractivity contribution in [1.82, 2.24) is 0 Å². The number of hydrogen-bond donors (Lipinski definition) is 0. The minimum atomic E-state index is -1.83. The van der Waals surface area contributed by atoms with Crippen LogP contribution in [0.3, 0.4) is 0 Å². The van der Waals surface area contributed by atoms with Gasteiger partial charge in [0, 0.05) is 18.5 Å². The van der Waals surface area contributed by atoms with E-state index in [1.807, 2.05) is 0 Å². The van der Waals surface area contributed by atoms with E-state index in [-0.39, 0.29) is 18.7 Å². The first kappa shape index (κ1) is 14.4. The summed E-state index contributed by atoms with van der Waals surface area (Å²) in [5.74, 6) is -2.24. The predicted octanol–water partition coefficient (Wildman–Crippen LogP) is 0.920. The lowest BCUT2D eigenvalue weighted by Gasteiger charge is -2.50. The van der Waals surface area contributed by atoms with Gasteiger partial charge in [0.25, 0.3) is 5.91 Å². The Morgan fingerprint density at radius 3 is 2.33 bits per heavy atom. The highest BCUT2D eigenvalue weighted by atomic mass is 16.4. The summed E-state index contributed by atoms with van der Waals surface area (Å²) in [5, 5.41) is 12.1. The van der Waals surface area contributed by atoms with Gasteiger partial charge in [-0.2, -0.15) is 0 Å². The van der Waals surface area contributed by atoms with Crippen LogP contribution >= 0.6 is 0 Å². The second-order valence-electron chi connectivity index (χ2n) is 5.83. The van der Waals surface area contributed by atoms with Crippen molar-refractivity contribution >= 4 is 29.2 Å². The van der Waals surface area contributed by atoms with Gasteiger partial charge in [-0.15, -0.1) is 0 Å². The molecular weight excluding hydrogens is 308 g/mol. The summed E-state index contributed by atoms with van der Waals surface area (Å²) < 4.78 is 0. The summed E-state index contributed by atoms with van der Waals surface area (Å²) in [7, 11) is 0. The molecule has 2 heterocycles. The van der Waals surface area contributed by atoms with Crippen LogP contribution in [0.5, 0.6) is 0 Å². The topological polar surface area (TPSA) is 80.8 Å². The van der Waals surface area contributed by atoms with E-state index >= 15 is 0 Å². The molecule has 2 aromatic rings. The number of carbonyl (C=O) groups excluding carboxylic acids is 3. The van der Waals surface area contributed by atoms with Gasteiger partial charge in [0.05, 0.1) is 17.2 Å². The number of aliphatic carboxylic acids is 1. The Balaban J connectivity index is 2.04. The highest BCUT2D eigenvalue weighted by molar-refractivity contribution is 6.22. The SMILES string of the molecule is O=C1c2ccccc2N2C(=O)CC[C@@]2(C(=O)[O-])N1c1ccccc1. The quantitative estimate of drug-likeness (QED) is 0.824. The summed E-state index contributed by atoms with van der Waals surface area (Å²) in [6.07, 6.45) is 0.0298. The molecule has 2 aliphatic heterocycles. The Hall–Kier alpha value is -3.15. The predicted molar refractivity (Wildman–Crippen MR) is 84.2 cm³/mol. The van der Waals surface area contributed by atoms with Gasteiger partial charge in [-0.05, 0) is 24.3 Å². The van der Waals surface area contributed by atoms with Gasteiger partial charge in [-0.1, -0.05) is 30.3 Å². The molecule has 2 aromatic carbocycles. The molecular formula is C18H13N2O4-. The third-order valence-electron chi connectivity index (χ3n) is 4.60. The maximum Gasteiger partial charge on any atom is 0.262 e. The molecule has 24 heavy (non-hydrogen) atoms. The molecule has 0 bridgehead atoms. The highest BCUT2D eigenvalue weighted by Crippen LogP contribution is 2.45. The number of rotatable bonds is 2. The number of nitrogens with zero attached hydrogens (tertiary/aromatic N) is 2. The second kappa shape index (κ2) is 4.92. The van der Waals surface area contributed by atoms with Crippen molar-refractivity contribution in [2.24, 2.45) is 0 Å². The van der Waals surface area contributed by atoms with Crippen LogP contribution in [0.1, 0.15) is 23.2 Å². The lowest BCUT2D eigenvalue weighted by atomic mass is 9.95. The second-order valence-corrected chi connectivity index (χ2v) is 5.83. The third kappa shape index (κ3) is 1.68. The van der Waals surface area contributed by atoms with Crippen molar-refractivity contribution in [1.29, 1.82) is 0 Å². The smallest absolute Gasteiger partial charge is 0.262 e. The van der Waals surface area contributed by atoms with E-state index in [0.717, 1.165) is 0 Å². The molecule has 0 aliphatic carbocycles. The van der Waals surface area contributed by atoms with Crippen LogP contribution in [-0.4, -0.2) is 23.4 Å². The van der Waals surface area contributed by atoms with Gasteiger partial charge in [0.2, 0.25) is 5.91 Å². The first-order chi connectivity index (χ1) is 11.6. The molecule has 1 saturated heterocycles. The van der Waals surface area contributed by atoms with Crippen LogP contribution < -0.4 is 14.9 Å². The van der Waals surface area contributed by atoms with E-state index in [1.54, 1.807) is 54.6 Å². The fourth-order valence-electron chi connectivity index (χ4n) is 3.59. The molecule has 120 valence electrons. The van der Waals surface area contributed by atoms with Gasteiger partial charge in [0.15, 0.2) is 5.66 Å². The van der Waals surface area contributed by atoms with Crippen LogP contribution in [0.2, 0.25) is 0 Å². The van der Waals surface area contributed by atoms with Crippen LogP contribution in [0.15, 0.2) is 54.6 Å². The largest absolute Gasteiger partial charge is 0.545 e. The summed E-state index contributed by atoms with van der Waals surface area (Å²) in [4.78, 5) is 40.1. The van der Waals surface area contributed by atoms with E-state index in [2.05, 4.69) is 0 Å². The first-order valence-electron chi connectivity index (χ1n) is 7.60. The maximum absolute atomic E-state index is 13.1. The van der Waals surface area contributed by atoms with Crippen LogP contribution in [0, 0.1) is 0 Å². The molecule has 0 N–H and O–H groups in total. The molecule has 0 saturated carbocycles. The minimum absolute atomic E-state index is 0.0108. The minimum Gasteiger partial charge on any atom is -0.545 e. The molecule has 4 rings (SSSR count). The number of hydrogen-bond acceptors (Lipinski definition) is 4. The Morgan fingerprint density at radius 2 is 1.62 bits per heavy atom. The molecule has 1 atom stereocenters. The molecule has 6 nitrogen and oxygen atoms in total. The van der Waals surface area contributed by atoms with Crippen LogP contribution in [0.25, 0.3) is 0 Å². The van der Waals surface area contributed by atoms with Crippen molar-refractivity contribution in [3.05, 3.63) is 60.2 Å². The van der Waals surface area contributed by atoms with Crippen LogP contribution in [-0.2, 0) is 9.59 Å². The van der Waals surface area contributed by atoms with Gasteiger partial charge < -0.3 is 9.90 Å². The van der Waals surface area contributed by atoms with E-state index in [0.29, 0.717) is 16.9 Å². The fourth-order valence-corrected chi connectivity index (χ4v) is 3.59. The van der Waals surface area contributed by atoms with E-state index in [4.69, 9.17) is 0 Å². The third-order valence-corrected chi connectivity index (χ3v) is 4.60. The van der Waals surface area contributed by atoms with Crippen molar-refractivity contribution in [3.8, 4) is 0 Å². The number of para-hydroxylation sites is 2. The Morgan fingerprint density at radius 1 is 0.958 bits per heavy atom. The molecule has 0 unspecified atom stereocenters. The average Bonchev–Trinajstić information content (AvgIpc) is 2.95. The number of fused-ring (bicyclic) bond motifs is 3. The summed E-state index contributed by atoms with van der Waals surface area (Å²) in [6, 6.07) is 15.1. The molecule has 0 radical (unpaired) electrons. The lowest BCUT2D eigenvalue weighted by Crippen LogP contribution is -2.71. The molecule has 2 aliphatic rings. The maximum atomic E-state index is 13.1. The number of carboxylic acid groups (broad SMARTS) is 1. The van der Waals surface area contributed by atoms with Gasteiger partial charge in [-0.3, -0.25) is 19.4 Å². The lowest BCUT2D eigenvalue weighted by molar-refractivity contribution is -0.312. The summed E-state index contributed by atoms with van der Waals surface area (Å²) in [6.45, 7) is 0. The molecule has 6 heteroatoms. The zero-order chi connectivity index (χ0) is 16.9. The summed E-state index contributed by atoms with van der Waals surface area (Å²) >= 11 is 0. The highest BCUT2D eigenvalue weighted by Gasteiger charge is 2.57. The Kier molecular flexibility index (Phi) is 2.96. The number of carbonyl (C=O) groups is 3.